The van der Waals surface area contributed by atoms with Gasteiger partial charge in [-0.15, -0.1) is 0 Å². The monoisotopic (exact) mass is 467 g/mol. The molecule has 2 aromatic carbocycles. The number of nitrogens with one attached hydrogen (secondary N) is 1. The van der Waals surface area contributed by atoms with E-state index in [2.05, 4.69) is 23.7 Å². The van der Waals surface area contributed by atoms with E-state index in [1.54, 1.807) is 0 Å². The van der Waals surface area contributed by atoms with E-state index < -0.39 is 35.2 Å². The van der Waals surface area contributed by atoms with E-state index in [-0.39, 0.29) is 17.7 Å². The zero-order chi connectivity index (χ0) is 24.3. The van der Waals surface area contributed by atoms with Gasteiger partial charge in [-0.2, -0.15) is 0 Å². The van der Waals surface area contributed by atoms with Gasteiger partial charge >= 0.3 is 0 Å². The van der Waals surface area contributed by atoms with E-state index in [4.69, 9.17) is 0 Å². The van der Waals surface area contributed by atoms with Crippen molar-refractivity contribution < 1.29 is 22.8 Å². The third-order valence-corrected chi connectivity index (χ3v) is 6.60. The van der Waals surface area contributed by atoms with Gasteiger partial charge in [-0.25, -0.2) is 13.2 Å². The Balaban J connectivity index is 1.78. The van der Waals surface area contributed by atoms with Crippen LogP contribution in [0, 0.1) is 23.4 Å². The summed E-state index contributed by atoms with van der Waals surface area (Å²) in [4.78, 5) is 26.6. The first-order valence-corrected chi connectivity index (χ1v) is 11.3. The molecule has 0 bridgehead atoms. The molecule has 2 aliphatic rings. The highest BCUT2D eigenvalue weighted by molar-refractivity contribution is 6.11. The summed E-state index contributed by atoms with van der Waals surface area (Å²) in [5.74, 6) is -5.59. The van der Waals surface area contributed by atoms with Crippen molar-refractivity contribution in [3.05, 3.63) is 76.4 Å². The Morgan fingerprint density at radius 2 is 1.88 bits per heavy atom. The number of benzene rings is 2. The molecule has 0 spiro atoms. The highest BCUT2D eigenvalue weighted by atomic mass is 19.2. The van der Waals surface area contributed by atoms with Crippen LogP contribution in [0.25, 0.3) is 10.9 Å². The molecule has 3 heterocycles. The number of hydrogen-bond acceptors (Lipinski definition) is 3. The van der Waals surface area contributed by atoms with Crippen LogP contribution in [0.15, 0.2) is 47.8 Å². The largest absolute Gasteiger partial charge is 0.356 e. The fraction of sp³-hybridized carbons (Fsp3) is 0.308. The highest BCUT2D eigenvalue weighted by Gasteiger charge is 2.42. The maximum absolute atomic E-state index is 14.3. The molecule has 8 heteroatoms. The van der Waals surface area contributed by atoms with Gasteiger partial charge in [0.15, 0.2) is 17.5 Å². The first-order valence-electron chi connectivity index (χ1n) is 11.3. The Bertz CT molecular complexity index is 1370. The standard InChI is InChI=1S/C26H24F3N3O2/c1-13(2)7-8-31-11-16-22(15-9-17(27)25(29)18(28)10-15)24-20(12-32(14(3)33)26(24)34)30-19-5-4-6-21(31)23(16)19/h4-6,9-11,13,22,30H,7-8,12H2,1-3H3. The lowest BCUT2D eigenvalue weighted by Crippen LogP contribution is -2.33. The third kappa shape index (κ3) is 3.40. The second kappa shape index (κ2) is 8.04. The van der Waals surface area contributed by atoms with Crippen LogP contribution in [0.2, 0.25) is 0 Å². The van der Waals surface area contributed by atoms with Crippen LogP contribution in [0.5, 0.6) is 0 Å². The number of aryl methyl sites for hydroxylation is 1. The Labute approximate surface area is 194 Å². The quantitative estimate of drug-likeness (QED) is 0.530. The summed E-state index contributed by atoms with van der Waals surface area (Å²) in [7, 11) is 0. The fourth-order valence-electron chi connectivity index (χ4n) is 4.94. The van der Waals surface area contributed by atoms with E-state index in [0.29, 0.717) is 17.2 Å². The normalized spacial score (nSPS) is 17.4. The Kier molecular flexibility index (Phi) is 5.26. The lowest BCUT2D eigenvalue weighted by Gasteiger charge is -2.20. The van der Waals surface area contributed by atoms with Crippen LogP contribution in [0.3, 0.4) is 0 Å². The van der Waals surface area contributed by atoms with E-state index >= 15 is 0 Å². The molecule has 1 aromatic heterocycles. The van der Waals surface area contributed by atoms with Crippen molar-refractivity contribution in [2.75, 3.05) is 11.9 Å². The molecule has 1 atom stereocenters. The first-order chi connectivity index (χ1) is 16.2. The second-order valence-corrected chi connectivity index (χ2v) is 9.32. The average Bonchev–Trinajstić information content (AvgIpc) is 3.25. The maximum Gasteiger partial charge on any atom is 0.259 e. The Morgan fingerprint density at radius 1 is 1.18 bits per heavy atom. The van der Waals surface area contributed by atoms with Gasteiger partial charge in [0.1, 0.15) is 0 Å². The number of hydrogen-bond donors (Lipinski definition) is 1. The molecule has 0 aliphatic carbocycles. The molecule has 1 unspecified atom stereocenters. The lowest BCUT2D eigenvalue weighted by atomic mass is 9.84. The van der Waals surface area contributed by atoms with Gasteiger partial charge in [-0.1, -0.05) is 19.9 Å². The molecule has 1 N–H and O–H groups in total. The maximum atomic E-state index is 14.3. The van der Waals surface area contributed by atoms with Crippen LogP contribution >= 0.6 is 0 Å². The molecule has 34 heavy (non-hydrogen) atoms. The van der Waals surface area contributed by atoms with Gasteiger partial charge in [0.05, 0.1) is 17.6 Å². The van der Waals surface area contributed by atoms with Gasteiger partial charge in [0.2, 0.25) is 5.91 Å². The summed E-state index contributed by atoms with van der Waals surface area (Å²) in [5.41, 5.74) is 3.19. The van der Waals surface area contributed by atoms with Crippen LogP contribution in [0.1, 0.15) is 44.2 Å². The highest BCUT2D eigenvalue weighted by Crippen LogP contribution is 2.46. The van der Waals surface area contributed by atoms with Crippen molar-refractivity contribution in [1.82, 2.24) is 9.47 Å². The molecule has 0 saturated heterocycles. The van der Waals surface area contributed by atoms with Crippen molar-refractivity contribution in [1.29, 1.82) is 0 Å². The third-order valence-electron chi connectivity index (χ3n) is 6.60. The average molecular weight is 467 g/mol. The van der Waals surface area contributed by atoms with Crippen LogP contribution in [-0.4, -0.2) is 27.8 Å². The van der Waals surface area contributed by atoms with Crippen molar-refractivity contribution in [3.8, 4) is 0 Å². The van der Waals surface area contributed by atoms with Crippen LogP contribution in [0.4, 0.5) is 18.9 Å². The van der Waals surface area contributed by atoms with Crippen LogP contribution < -0.4 is 5.32 Å². The summed E-state index contributed by atoms with van der Waals surface area (Å²) >= 11 is 0. The Hall–Kier alpha value is -3.55. The number of nitrogens with zero attached hydrogens (tertiary/aromatic N) is 2. The fourth-order valence-corrected chi connectivity index (χ4v) is 4.94. The number of imide groups is 1. The topological polar surface area (TPSA) is 54.3 Å². The predicted molar refractivity (Wildman–Crippen MR) is 123 cm³/mol. The summed E-state index contributed by atoms with van der Waals surface area (Å²) in [5, 5.41) is 4.14. The van der Waals surface area contributed by atoms with Gasteiger partial charge in [-0.05, 0) is 47.7 Å². The van der Waals surface area contributed by atoms with Crippen molar-refractivity contribution in [2.24, 2.45) is 5.92 Å². The molecule has 0 radical (unpaired) electrons. The summed E-state index contributed by atoms with van der Waals surface area (Å²) in [6.07, 6.45) is 2.82. The molecule has 176 valence electrons. The van der Waals surface area contributed by atoms with Gasteiger partial charge in [0.25, 0.3) is 5.91 Å². The molecule has 5 nitrogen and oxygen atoms in total. The van der Waals surface area contributed by atoms with E-state index in [0.717, 1.165) is 46.6 Å². The van der Waals surface area contributed by atoms with Gasteiger partial charge in [0, 0.05) is 42.4 Å². The summed E-state index contributed by atoms with van der Waals surface area (Å²) in [6.45, 7) is 6.29. The summed E-state index contributed by atoms with van der Waals surface area (Å²) < 4.78 is 44.6. The number of halogens is 3. The zero-order valence-electron chi connectivity index (χ0n) is 19.1. The van der Waals surface area contributed by atoms with E-state index in [1.165, 1.54) is 6.92 Å². The molecule has 3 aromatic rings. The number of amides is 2. The SMILES string of the molecule is CC(=O)N1CC2=C(C1=O)C(c1cc(F)c(F)c(F)c1)c1cn(CCC(C)C)c3cccc(c13)N2. The number of carbonyl (C=O) groups excluding carboxylic acids is 2. The molecule has 2 aliphatic heterocycles. The van der Waals surface area contributed by atoms with Crippen molar-refractivity contribution in [2.45, 2.75) is 39.7 Å². The number of carbonyl (C=O) groups is 2. The first kappa shape index (κ1) is 22.3. The van der Waals surface area contributed by atoms with Gasteiger partial charge in [-0.3, -0.25) is 14.5 Å². The van der Waals surface area contributed by atoms with E-state index in [1.807, 2.05) is 24.4 Å². The predicted octanol–water partition coefficient (Wildman–Crippen LogP) is 5.30. The minimum Gasteiger partial charge on any atom is -0.356 e. The zero-order valence-corrected chi connectivity index (χ0v) is 19.1. The lowest BCUT2D eigenvalue weighted by molar-refractivity contribution is -0.139. The van der Waals surface area contributed by atoms with Crippen molar-refractivity contribution >= 4 is 28.4 Å². The second-order valence-electron chi connectivity index (χ2n) is 9.32. The minimum atomic E-state index is -1.56. The molecule has 0 fully saturated rings. The number of aromatic nitrogens is 1. The Morgan fingerprint density at radius 3 is 2.53 bits per heavy atom. The van der Waals surface area contributed by atoms with E-state index in [9.17, 15) is 22.8 Å². The van der Waals surface area contributed by atoms with Crippen molar-refractivity contribution in [3.63, 3.8) is 0 Å². The molecule has 0 saturated carbocycles. The van der Waals surface area contributed by atoms with Crippen LogP contribution in [-0.2, 0) is 16.1 Å². The molecule has 5 rings (SSSR count). The number of rotatable bonds is 4. The van der Waals surface area contributed by atoms with Gasteiger partial charge < -0.3 is 9.88 Å². The number of anilines is 1. The molecular formula is C26H24F3N3O2. The smallest absolute Gasteiger partial charge is 0.259 e. The molecular weight excluding hydrogens is 443 g/mol. The molecule has 2 amide bonds. The summed E-state index contributed by atoms with van der Waals surface area (Å²) in [6, 6.07) is 7.61. The minimum absolute atomic E-state index is 0.0279.